The maximum absolute atomic E-state index is 13.6. The largest absolute Gasteiger partial charge is 0.478 e. The van der Waals surface area contributed by atoms with Gasteiger partial charge in [0.15, 0.2) is 0 Å². The van der Waals surface area contributed by atoms with E-state index in [0.29, 0.717) is 44.9 Å². The van der Waals surface area contributed by atoms with Gasteiger partial charge >= 0.3 is 5.97 Å². The van der Waals surface area contributed by atoms with Gasteiger partial charge in [-0.3, -0.25) is 14.3 Å². The summed E-state index contributed by atoms with van der Waals surface area (Å²) in [6.07, 6.45) is 2.36. The summed E-state index contributed by atoms with van der Waals surface area (Å²) in [5, 5.41) is 39.9. The third kappa shape index (κ3) is 12.0. The number of aromatic nitrogens is 2. The average Bonchev–Trinajstić information content (AvgIpc) is 3.46. The number of piperidine rings is 1. The third-order valence-electron chi connectivity index (χ3n) is 11.2. The molecule has 2 heterocycles. The number of fused-ring (bicyclic) bond motifs is 1. The SMILES string of the molecule is COCCCn1nc(C)c2ccc(C[C@@H](C[C@H](N)[C@@H](O)C[C@H](C(=O)NC3CCN(C(=O)Cc4c(CO[N+](=O)[O-])cccc4C(=O)O)CC3)C(C)C)C(C)C)cc21. The molecule has 1 aromatic heterocycles. The number of carboxylic acid groups (broad SMARTS) is 1. The highest BCUT2D eigenvalue weighted by molar-refractivity contribution is 5.92. The Balaban J connectivity index is 1.32. The molecule has 1 saturated heterocycles. The number of aromatic carboxylic acids is 1. The van der Waals surface area contributed by atoms with Crippen LogP contribution in [0.15, 0.2) is 36.4 Å². The van der Waals surface area contributed by atoms with Gasteiger partial charge in [0.2, 0.25) is 11.8 Å². The van der Waals surface area contributed by atoms with Gasteiger partial charge in [0.25, 0.3) is 5.09 Å². The van der Waals surface area contributed by atoms with Crippen LogP contribution in [0.5, 0.6) is 0 Å². The van der Waals surface area contributed by atoms with Gasteiger partial charge in [0, 0.05) is 56.7 Å². The Labute approximate surface area is 329 Å². The minimum Gasteiger partial charge on any atom is -0.478 e. The Kier molecular flexibility index (Phi) is 16.2. The molecule has 1 aliphatic heterocycles. The number of hydrogen-bond acceptors (Lipinski definition) is 10. The van der Waals surface area contributed by atoms with Crippen LogP contribution in [0.3, 0.4) is 0 Å². The number of benzene rings is 2. The van der Waals surface area contributed by atoms with E-state index in [-0.39, 0.29) is 59.2 Å². The van der Waals surface area contributed by atoms with Crippen LogP contribution >= 0.6 is 0 Å². The minimum atomic E-state index is -1.25. The standard InChI is InChI=1S/C41H60N6O9/c1-25(2)30(19-28-11-12-32-27(5)44-46(37(32)20-28)15-8-18-55-6)21-36(42)38(48)22-34(26(3)4)40(50)43-31-13-16-45(17-14-31)39(49)23-35-29(24-56-47(53)54)9-7-10-33(35)41(51)52/h7,9-12,20,25-26,30-31,34,36,38,48H,8,13-19,21-24,42H2,1-6H3,(H,43,50)(H,51,52)/t30-,34-,36-,38-/m0/s1. The predicted molar refractivity (Wildman–Crippen MR) is 211 cm³/mol. The molecule has 3 aromatic rings. The lowest BCUT2D eigenvalue weighted by Crippen LogP contribution is -2.49. The van der Waals surface area contributed by atoms with Crippen LogP contribution in [0, 0.1) is 40.7 Å². The number of hydrogen-bond donors (Lipinski definition) is 4. The average molecular weight is 781 g/mol. The van der Waals surface area contributed by atoms with Gasteiger partial charge in [-0.2, -0.15) is 5.10 Å². The minimum absolute atomic E-state index is 0.0499. The predicted octanol–water partition coefficient (Wildman–Crippen LogP) is 4.69. The molecule has 1 fully saturated rings. The highest BCUT2D eigenvalue weighted by atomic mass is 16.9. The fourth-order valence-corrected chi connectivity index (χ4v) is 7.70. The molecule has 0 unspecified atom stereocenters. The van der Waals surface area contributed by atoms with E-state index in [1.807, 2.05) is 25.5 Å². The maximum atomic E-state index is 13.6. The normalized spacial score (nSPS) is 15.9. The van der Waals surface area contributed by atoms with Crippen molar-refractivity contribution in [3.05, 3.63) is 74.5 Å². The number of methoxy groups -OCH3 is 1. The van der Waals surface area contributed by atoms with Crippen molar-refractivity contribution in [2.45, 2.75) is 111 Å². The Bertz CT molecular complexity index is 1800. The quantitative estimate of drug-likeness (QED) is 0.0661. The molecule has 308 valence electrons. The second-order valence-corrected chi connectivity index (χ2v) is 15.9. The van der Waals surface area contributed by atoms with Gasteiger partial charge in [-0.1, -0.05) is 52.0 Å². The third-order valence-corrected chi connectivity index (χ3v) is 11.2. The second kappa shape index (κ2) is 20.5. The van der Waals surface area contributed by atoms with Crippen molar-refractivity contribution in [3.8, 4) is 0 Å². The summed E-state index contributed by atoms with van der Waals surface area (Å²) in [6, 6.07) is 10.1. The molecular weight excluding hydrogens is 720 g/mol. The number of ether oxygens (including phenoxy) is 1. The van der Waals surface area contributed by atoms with Gasteiger partial charge in [-0.25, -0.2) is 4.79 Å². The first kappa shape index (κ1) is 44.1. The van der Waals surface area contributed by atoms with Gasteiger partial charge in [-0.05, 0) is 92.0 Å². The van der Waals surface area contributed by atoms with E-state index in [0.717, 1.165) is 36.0 Å². The first-order valence-electron chi connectivity index (χ1n) is 19.7. The molecule has 0 aliphatic carbocycles. The van der Waals surface area contributed by atoms with Crippen molar-refractivity contribution in [2.24, 2.45) is 29.4 Å². The highest BCUT2D eigenvalue weighted by Gasteiger charge is 2.32. The number of nitrogens with two attached hydrogens (primary N) is 1. The van der Waals surface area contributed by atoms with Crippen molar-refractivity contribution in [2.75, 3.05) is 26.8 Å². The van der Waals surface area contributed by atoms with Crippen LogP contribution in [0.4, 0.5) is 0 Å². The van der Waals surface area contributed by atoms with Crippen LogP contribution in [0.2, 0.25) is 0 Å². The molecule has 4 rings (SSSR count). The number of nitrogens with zero attached hydrogens (tertiary/aromatic N) is 4. The molecule has 5 N–H and O–H groups in total. The number of aryl methyl sites for hydroxylation is 2. The fraction of sp³-hybridized carbons (Fsp3) is 0.610. The number of rotatable bonds is 21. The van der Waals surface area contributed by atoms with E-state index in [2.05, 4.69) is 42.2 Å². The van der Waals surface area contributed by atoms with Crippen molar-refractivity contribution >= 4 is 28.7 Å². The molecule has 0 bridgehead atoms. The molecule has 15 heteroatoms. The maximum Gasteiger partial charge on any atom is 0.335 e. The van der Waals surface area contributed by atoms with Crippen molar-refractivity contribution in [1.29, 1.82) is 0 Å². The number of amides is 2. The lowest BCUT2D eigenvalue weighted by Gasteiger charge is -2.34. The number of carbonyl (C=O) groups is 3. The molecule has 2 aromatic carbocycles. The van der Waals surface area contributed by atoms with Crippen LogP contribution < -0.4 is 11.1 Å². The number of carboxylic acids is 1. The van der Waals surface area contributed by atoms with Crippen LogP contribution in [0.1, 0.15) is 92.5 Å². The fourth-order valence-electron chi connectivity index (χ4n) is 7.70. The first-order chi connectivity index (χ1) is 26.6. The molecule has 0 spiro atoms. The number of carbonyl (C=O) groups excluding carboxylic acids is 2. The van der Waals surface area contributed by atoms with Crippen LogP contribution in [-0.2, 0) is 45.2 Å². The van der Waals surface area contributed by atoms with Gasteiger partial charge < -0.3 is 35.7 Å². The Morgan fingerprint density at radius 3 is 2.43 bits per heavy atom. The van der Waals surface area contributed by atoms with Crippen molar-refractivity contribution in [3.63, 3.8) is 0 Å². The number of aliphatic hydroxyl groups excluding tert-OH is 1. The highest BCUT2D eigenvalue weighted by Crippen LogP contribution is 2.29. The summed E-state index contributed by atoms with van der Waals surface area (Å²) in [5.74, 6) is -1.71. The Morgan fingerprint density at radius 1 is 1.09 bits per heavy atom. The summed E-state index contributed by atoms with van der Waals surface area (Å²) in [4.78, 5) is 55.7. The lowest BCUT2D eigenvalue weighted by atomic mass is 9.80. The summed E-state index contributed by atoms with van der Waals surface area (Å²) in [7, 11) is 1.70. The van der Waals surface area contributed by atoms with E-state index < -0.39 is 35.7 Å². The monoisotopic (exact) mass is 780 g/mol. The first-order valence-corrected chi connectivity index (χ1v) is 19.7. The molecule has 1 aliphatic rings. The van der Waals surface area contributed by atoms with E-state index >= 15 is 0 Å². The summed E-state index contributed by atoms with van der Waals surface area (Å²) < 4.78 is 7.29. The lowest BCUT2D eigenvalue weighted by molar-refractivity contribution is -0.763. The molecule has 0 radical (unpaired) electrons. The Morgan fingerprint density at radius 2 is 1.80 bits per heavy atom. The van der Waals surface area contributed by atoms with Gasteiger partial charge in [0.1, 0.15) is 6.61 Å². The van der Waals surface area contributed by atoms with E-state index in [4.69, 9.17) is 15.6 Å². The zero-order valence-electron chi connectivity index (χ0n) is 33.6. The van der Waals surface area contributed by atoms with Crippen molar-refractivity contribution in [1.82, 2.24) is 20.0 Å². The molecule has 15 nitrogen and oxygen atoms in total. The summed E-state index contributed by atoms with van der Waals surface area (Å²) in [5.41, 5.74) is 10.3. The summed E-state index contributed by atoms with van der Waals surface area (Å²) in [6.45, 7) is 11.9. The number of nitrogens with one attached hydrogen (secondary N) is 1. The molecule has 56 heavy (non-hydrogen) atoms. The number of aliphatic hydroxyl groups is 1. The second-order valence-electron chi connectivity index (χ2n) is 15.9. The molecular formula is C41H60N6O9. The topological polar surface area (TPSA) is 212 Å². The van der Waals surface area contributed by atoms with E-state index in [9.17, 15) is 34.7 Å². The van der Waals surface area contributed by atoms with Crippen LogP contribution in [-0.4, -0.2) is 92.8 Å². The van der Waals surface area contributed by atoms with E-state index in [1.54, 1.807) is 12.0 Å². The molecule has 2 amide bonds. The molecule has 0 saturated carbocycles. The molecule has 4 atom stereocenters. The van der Waals surface area contributed by atoms with Crippen molar-refractivity contribution < 1.29 is 39.3 Å². The smallest absolute Gasteiger partial charge is 0.335 e. The number of likely N-dealkylation sites (tertiary alicyclic amines) is 1. The summed E-state index contributed by atoms with van der Waals surface area (Å²) >= 11 is 0. The van der Waals surface area contributed by atoms with E-state index in [1.165, 1.54) is 23.8 Å². The van der Waals surface area contributed by atoms with Gasteiger partial charge in [-0.15, -0.1) is 10.1 Å². The van der Waals surface area contributed by atoms with Crippen LogP contribution in [0.25, 0.3) is 10.9 Å². The van der Waals surface area contributed by atoms with Gasteiger partial charge in [0.05, 0.1) is 29.3 Å². The zero-order valence-corrected chi connectivity index (χ0v) is 33.6. The Hall–Kier alpha value is -4.60. The zero-order chi connectivity index (χ0) is 41.1.